The number of rotatable bonds is 2. The van der Waals surface area contributed by atoms with E-state index in [0.717, 1.165) is 21.9 Å². The van der Waals surface area contributed by atoms with E-state index in [9.17, 15) is 5.26 Å². The molecule has 0 heterocycles. The number of benzene rings is 3. The second-order valence-electron chi connectivity index (χ2n) is 4.75. The molecule has 0 aliphatic carbocycles. The first-order valence-electron chi connectivity index (χ1n) is 6.63. The largest absolute Gasteiger partial charge is 0.192 e. The van der Waals surface area contributed by atoms with Crippen LogP contribution < -0.4 is 0 Å². The molecule has 100 valence electrons. The molecular weight excluding hydrogens is 278 g/mol. The van der Waals surface area contributed by atoms with E-state index >= 15 is 0 Å². The Hall–Kier alpha value is -2.56. The molecule has 0 fully saturated rings. The maximum absolute atomic E-state index is 9.51. The van der Waals surface area contributed by atoms with Crippen LogP contribution in [0.5, 0.6) is 0 Å². The minimum atomic E-state index is 0.647. The van der Waals surface area contributed by atoms with Crippen molar-refractivity contribution in [1.29, 1.82) is 5.26 Å². The predicted molar refractivity (Wildman–Crippen MR) is 88.9 cm³/mol. The van der Waals surface area contributed by atoms with Crippen molar-refractivity contribution in [2.75, 3.05) is 0 Å². The molecule has 1 nitrogen and oxygen atoms in total. The van der Waals surface area contributed by atoms with E-state index in [0.29, 0.717) is 10.6 Å². The van der Waals surface area contributed by atoms with E-state index in [1.54, 1.807) is 0 Å². The van der Waals surface area contributed by atoms with Crippen LogP contribution in [0.15, 0.2) is 66.7 Å². The Kier molecular flexibility index (Phi) is 3.73. The average Bonchev–Trinajstić information content (AvgIpc) is 2.54. The van der Waals surface area contributed by atoms with Crippen LogP contribution in [0.4, 0.5) is 0 Å². The standard InChI is InChI=1S/C19H12ClN/c20-17-10-8-14(9-11-17)12-16(13-21)19-7-3-5-15-4-1-2-6-18(15)19/h1-12H/b16-12+. The Morgan fingerprint density at radius 1 is 0.905 bits per heavy atom. The lowest BCUT2D eigenvalue weighted by atomic mass is 9.97. The van der Waals surface area contributed by atoms with Gasteiger partial charge in [0.2, 0.25) is 0 Å². The number of hydrogen-bond acceptors (Lipinski definition) is 1. The van der Waals surface area contributed by atoms with Gasteiger partial charge in [-0.3, -0.25) is 0 Å². The third-order valence-corrected chi connectivity index (χ3v) is 3.63. The van der Waals surface area contributed by atoms with Gasteiger partial charge in [-0.15, -0.1) is 0 Å². The fourth-order valence-electron chi connectivity index (χ4n) is 2.36. The number of allylic oxidation sites excluding steroid dienone is 1. The van der Waals surface area contributed by atoms with Gasteiger partial charge in [0.05, 0.1) is 11.6 Å². The minimum absolute atomic E-state index is 0.647. The Morgan fingerprint density at radius 2 is 1.62 bits per heavy atom. The zero-order chi connectivity index (χ0) is 14.7. The van der Waals surface area contributed by atoms with E-state index in [2.05, 4.69) is 18.2 Å². The van der Waals surface area contributed by atoms with Crippen LogP contribution in [0.1, 0.15) is 11.1 Å². The van der Waals surface area contributed by atoms with Crippen LogP contribution >= 0.6 is 11.6 Å². The molecule has 0 aliphatic heterocycles. The molecule has 3 aromatic rings. The summed E-state index contributed by atoms with van der Waals surface area (Å²) in [4.78, 5) is 0. The van der Waals surface area contributed by atoms with Crippen LogP contribution in [0.2, 0.25) is 5.02 Å². The Bertz CT molecular complexity index is 849. The van der Waals surface area contributed by atoms with Gasteiger partial charge in [-0.1, -0.05) is 66.2 Å². The van der Waals surface area contributed by atoms with Crippen LogP contribution in [0.25, 0.3) is 22.4 Å². The van der Waals surface area contributed by atoms with E-state index in [4.69, 9.17) is 11.6 Å². The molecule has 2 heteroatoms. The third-order valence-electron chi connectivity index (χ3n) is 3.38. The molecule has 0 saturated heterocycles. The summed E-state index contributed by atoms with van der Waals surface area (Å²) in [6.45, 7) is 0. The lowest BCUT2D eigenvalue weighted by molar-refractivity contribution is 1.53. The fraction of sp³-hybridized carbons (Fsp3) is 0. The molecule has 21 heavy (non-hydrogen) atoms. The quantitative estimate of drug-likeness (QED) is 0.448. The molecule has 0 atom stereocenters. The third kappa shape index (κ3) is 2.81. The van der Waals surface area contributed by atoms with Gasteiger partial charge in [0, 0.05) is 10.6 Å². The number of hydrogen-bond donors (Lipinski definition) is 0. The van der Waals surface area contributed by atoms with Crippen molar-refractivity contribution in [2.45, 2.75) is 0 Å². The van der Waals surface area contributed by atoms with E-state index in [-0.39, 0.29) is 0 Å². The molecule has 3 aromatic carbocycles. The van der Waals surface area contributed by atoms with Crippen LogP contribution in [-0.2, 0) is 0 Å². The summed E-state index contributed by atoms with van der Waals surface area (Å²) in [5.41, 5.74) is 2.56. The first-order chi connectivity index (χ1) is 10.3. The van der Waals surface area contributed by atoms with Crippen molar-refractivity contribution in [3.63, 3.8) is 0 Å². The van der Waals surface area contributed by atoms with Crippen LogP contribution in [0.3, 0.4) is 0 Å². The first kappa shape index (κ1) is 13.4. The van der Waals surface area contributed by atoms with Crippen molar-refractivity contribution in [1.82, 2.24) is 0 Å². The van der Waals surface area contributed by atoms with Gasteiger partial charge < -0.3 is 0 Å². The fourth-order valence-corrected chi connectivity index (χ4v) is 2.48. The zero-order valence-electron chi connectivity index (χ0n) is 11.3. The molecule has 0 aromatic heterocycles. The van der Waals surface area contributed by atoms with Crippen molar-refractivity contribution in [3.05, 3.63) is 82.9 Å². The van der Waals surface area contributed by atoms with Crippen LogP contribution in [-0.4, -0.2) is 0 Å². The molecule has 0 saturated carbocycles. The highest BCUT2D eigenvalue weighted by Gasteiger charge is 2.05. The highest BCUT2D eigenvalue weighted by Crippen LogP contribution is 2.26. The van der Waals surface area contributed by atoms with Gasteiger partial charge in [0.25, 0.3) is 0 Å². The molecule has 0 spiro atoms. The summed E-state index contributed by atoms with van der Waals surface area (Å²) < 4.78 is 0. The zero-order valence-corrected chi connectivity index (χ0v) is 12.0. The summed E-state index contributed by atoms with van der Waals surface area (Å²) in [5, 5.41) is 12.4. The maximum Gasteiger partial charge on any atom is 0.0998 e. The summed E-state index contributed by atoms with van der Waals surface area (Å²) in [6.07, 6.45) is 1.89. The topological polar surface area (TPSA) is 23.8 Å². The van der Waals surface area contributed by atoms with Crippen molar-refractivity contribution in [3.8, 4) is 6.07 Å². The molecule has 0 aliphatic rings. The summed E-state index contributed by atoms with van der Waals surface area (Å²) in [7, 11) is 0. The SMILES string of the molecule is N#C/C(=C\c1ccc(Cl)cc1)c1cccc2ccccc12. The van der Waals surface area contributed by atoms with Gasteiger partial charge >= 0.3 is 0 Å². The second kappa shape index (κ2) is 5.83. The molecular formula is C19H12ClN. The van der Waals surface area contributed by atoms with Gasteiger partial charge in [-0.2, -0.15) is 5.26 Å². The lowest BCUT2D eigenvalue weighted by Gasteiger charge is -2.05. The van der Waals surface area contributed by atoms with Gasteiger partial charge in [-0.25, -0.2) is 0 Å². The highest BCUT2D eigenvalue weighted by molar-refractivity contribution is 6.30. The van der Waals surface area contributed by atoms with Gasteiger partial charge in [-0.05, 0) is 34.5 Å². The van der Waals surface area contributed by atoms with Crippen molar-refractivity contribution < 1.29 is 0 Å². The van der Waals surface area contributed by atoms with E-state index in [1.165, 1.54) is 0 Å². The number of nitriles is 1. The number of fused-ring (bicyclic) bond motifs is 1. The molecule has 0 radical (unpaired) electrons. The van der Waals surface area contributed by atoms with Crippen molar-refractivity contribution in [2.24, 2.45) is 0 Å². The Labute approximate surface area is 128 Å². The maximum atomic E-state index is 9.51. The van der Waals surface area contributed by atoms with Gasteiger partial charge in [0.1, 0.15) is 0 Å². The highest BCUT2D eigenvalue weighted by atomic mass is 35.5. The predicted octanol–water partition coefficient (Wildman–Crippen LogP) is 5.56. The monoisotopic (exact) mass is 289 g/mol. The normalized spacial score (nSPS) is 11.3. The molecule has 0 bridgehead atoms. The molecule has 3 rings (SSSR count). The first-order valence-corrected chi connectivity index (χ1v) is 7.01. The van der Waals surface area contributed by atoms with E-state index < -0.39 is 0 Å². The number of nitrogens with zero attached hydrogens (tertiary/aromatic N) is 1. The molecule has 0 amide bonds. The molecule has 0 N–H and O–H groups in total. The summed E-state index contributed by atoms with van der Waals surface area (Å²) in [5.74, 6) is 0. The Balaban J connectivity index is 2.15. The average molecular weight is 290 g/mol. The number of halogens is 1. The molecule has 0 unspecified atom stereocenters. The van der Waals surface area contributed by atoms with Crippen LogP contribution in [0, 0.1) is 11.3 Å². The minimum Gasteiger partial charge on any atom is -0.192 e. The second-order valence-corrected chi connectivity index (χ2v) is 5.18. The smallest absolute Gasteiger partial charge is 0.0998 e. The summed E-state index contributed by atoms with van der Waals surface area (Å²) in [6, 6.07) is 23.9. The van der Waals surface area contributed by atoms with E-state index in [1.807, 2.05) is 60.7 Å². The Morgan fingerprint density at radius 3 is 2.38 bits per heavy atom. The van der Waals surface area contributed by atoms with Crippen molar-refractivity contribution >= 4 is 34.0 Å². The lowest BCUT2D eigenvalue weighted by Crippen LogP contribution is -1.85. The summed E-state index contributed by atoms with van der Waals surface area (Å²) >= 11 is 5.89. The van der Waals surface area contributed by atoms with Gasteiger partial charge in [0.15, 0.2) is 0 Å².